The Morgan fingerprint density at radius 3 is 2.55 bits per heavy atom. The van der Waals surface area contributed by atoms with E-state index in [1.54, 1.807) is 0 Å². The summed E-state index contributed by atoms with van der Waals surface area (Å²) in [5, 5.41) is 3.60. The lowest BCUT2D eigenvalue weighted by Gasteiger charge is -2.22. The summed E-state index contributed by atoms with van der Waals surface area (Å²) < 4.78 is 0. The van der Waals surface area contributed by atoms with Crippen LogP contribution in [0.1, 0.15) is 45.7 Å². The number of nitrogens with one attached hydrogen (secondary N) is 1. The Bertz CT molecular complexity index is 528. The lowest BCUT2D eigenvalue weighted by Crippen LogP contribution is -2.32. The maximum atomic E-state index is 3.60. The van der Waals surface area contributed by atoms with E-state index in [2.05, 4.69) is 74.8 Å². The van der Waals surface area contributed by atoms with Crippen molar-refractivity contribution in [2.45, 2.75) is 52.0 Å². The van der Waals surface area contributed by atoms with Gasteiger partial charge in [0, 0.05) is 11.0 Å². The summed E-state index contributed by atoms with van der Waals surface area (Å²) in [4.78, 5) is 0. The average molecular weight is 269 g/mol. The largest absolute Gasteiger partial charge is 0.385 e. The monoisotopic (exact) mass is 269 g/mol. The van der Waals surface area contributed by atoms with Gasteiger partial charge in [0.1, 0.15) is 0 Å². The summed E-state index contributed by atoms with van der Waals surface area (Å²) in [7, 11) is 0. The summed E-state index contributed by atoms with van der Waals surface area (Å²) in [5.41, 5.74) is 3.38. The molecule has 0 saturated heterocycles. The first-order chi connectivity index (χ1) is 9.61. The van der Waals surface area contributed by atoms with E-state index in [1.165, 1.54) is 11.1 Å². The summed E-state index contributed by atoms with van der Waals surface area (Å²) in [5.74, 6) is 0.647. The number of rotatable bonds is 0. The van der Waals surface area contributed by atoms with Crippen molar-refractivity contribution in [1.29, 1.82) is 0 Å². The van der Waals surface area contributed by atoms with Crippen molar-refractivity contribution in [2.24, 2.45) is 5.92 Å². The van der Waals surface area contributed by atoms with E-state index in [4.69, 9.17) is 0 Å². The number of benzene rings is 1. The molecule has 0 bridgehead atoms. The molecule has 1 fully saturated rings. The molecule has 3 atom stereocenters. The molecule has 0 spiro atoms. The minimum absolute atomic E-state index is 0.171. The van der Waals surface area contributed by atoms with Gasteiger partial charge in [0.05, 0.1) is 0 Å². The Morgan fingerprint density at radius 1 is 1.10 bits per heavy atom. The third-order valence-electron chi connectivity index (χ3n) is 5.37. The highest BCUT2D eigenvalue weighted by atomic mass is 15.1. The van der Waals surface area contributed by atoms with Gasteiger partial charge in [0.2, 0.25) is 0 Å². The molecule has 1 aliphatic heterocycles. The van der Waals surface area contributed by atoms with Gasteiger partial charge < -0.3 is 5.32 Å². The van der Waals surface area contributed by atoms with Gasteiger partial charge in [-0.15, -0.1) is 0 Å². The molecule has 1 heterocycles. The quantitative estimate of drug-likeness (QED) is 0.726. The molecule has 3 unspecified atom stereocenters. The highest BCUT2D eigenvalue weighted by molar-refractivity contribution is 5.48. The predicted octanol–water partition coefficient (Wildman–Crippen LogP) is 4.59. The first-order valence-electron chi connectivity index (χ1n) is 7.78. The molecule has 0 amide bonds. The molecule has 1 heteroatoms. The van der Waals surface area contributed by atoms with Crippen molar-refractivity contribution in [3.05, 3.63) is 59.8 Å². The highest BCUT2D eigenvalue weighted by Gasteiger charge is 2.69. The molecule has 1 aromatic rings. The fourth-order valence-electron chi connectivity index (χ4n) is 3.60. The van der Waals surface area contributed by atoms with Crippen LogP contribution in [0.25, 0.3) is 0 Å². The van der Waals surface area contributed by atoms with Gasteiger partial charge in [0.25, 0.3) is 0 Å². The molecule has 3 rings (SSSR count). The second-order valence-corrected chi connectivity index (χ2v) is 5.92. The maximum Gasteiger partial charge on any atom is 0.0472 e. The topological polar surface area (TPSA) is 12.0 Å². The van der Waals surface area contributed by atoms with Crippen molar-refractivity contribution >= 4 is 0 Å². The van der Waals surface area contributed by atoms with Gasteiger partial charge in [0.15, 0.2) is 0 Å². The molecular formula is C19H27N. The lowest BCUT2D eigenvalue weighted by molar-refractivity contribution is 0.531. The Balaban J connectivity index is 0.000000704. The number of allylic oxidation sites excluding steroid dienone is 3. The highest BCUT2D eigenvalue weighted by Crippen LogP contribution is 2.63. The molecule has 1 aromatic carbocycles. The van der Waals surface area contributed by atoms with Crippen LogP contribution in [0, 0.1) is 5.92 Å². The van der Waals surface area contributed by atoms with Gasteiger partial charge in [-0.25, -0.2) is 0 Å². The predicted molar refractivity (Wildman–Crippen MR) is 87.8 cm³/mol. The second kappa shape index (κ2) is 5.47. The van der Waals surface area contributed by atoms with E-state index in [0.717, 1.165) is 6.42 Å². The van der Waals surface area contributed by atoms with Crippen molar-refractivity contribution in [1.82, 2.24) is 5.32 Å². The van der Waals surface area contributed by atoms with Crippen LogP contribution in [0.4, 0.5) is 0 Å². The van der Waals surface area contributed by atoms with Gasteiger partial charge in [-0.05, 0) is 42.7 Å². The first kappa shape index (κ1) is 14.9. The third kappa shape index (κ3) is 2.00. The molecule has 1 N–H and O–H groups in total. The maximum absolute atomic E-state index is 3.60. The van der Waals surface area contributed by atoms with Crippen molar-refractivity contribution in [3.8, 4) is 0 Å². The lowest BCUT2D eigenvalue weighted by atomic mass is 9.87. The van der Waals surface area contributed by atoms with E-state index >= 15 is 0 Å². The van der Waals surface area contributed by atoms with E-state index in [0.29, 0.717) is 5.92 Å². The van der Waals surface area contributed by atoms with Gasteiger partial charge >= 0.3 is 0 Å². The molecule has 108 valence electrons. The number of hydrogen-bond donors (Lipinski definition) is 1. The summed E-state index contributed by atoms with van der Waals surface area (Å²) in [6.45, 7) is 11.1. The van der Waals surface area contributed by atoms with Gasteiger partial charge in [-0.1, -0.05) is 64.1 Å². The zero-order chi connectivity index (χ0) is 14.8. The van der Waals surface area contributed by atoms with Gasteiger partial charge in [-0.3, -0.25) is 0 Å². The van der Waals surface area contributed by atoms with Crippen LogP contribution >= 0.6 is 0 Å². The first-order valence-corrected chi connectivity index (χ1v) is 7.78. The number of hydrogen-bond acceptors (Lipinski definition) is 1. The minimum Gasteiger partial charge on any atom is -0.385 e. The Morgan fingerprint density at radius 2 is 1.80 bits per heavy atom. The van der Waals surface area contributed by atoms with Crippen LogP contribution in [-0.4, -0.2) is 5.54 Å². The molecular weight excluding hydrogens is 242 g/mol. The smallest absolute Gasteiger partial charge is 0.0472 e. The number of fused-ring (bicyclic) bond motifs is 3. The molecule has 20 heavy (non-hydrogen) atoms. The fourth-order valence-corrected chi connectivity index (χ4v) is 3.60. The Hall–Kier alpha value is -1.50. The SMILES string of the molecule is CC.CC1C2(C)N/C=C\C=C/Cc3ccccc3C12C. The summed E-state index contributed by atoms with van der Waals surface area (Å²) in [6, 6.07) is 8.88. The third-order valence-corrected chi connectivity index (χ3v) is 5.37. The molecule has 2 aliphatic rings. The van der Waals surface area contributed by atoms with Crippen LogP contribution in [0.15, 0.2) is 48.7 Å². The molecule has 1 nitrogen and oxygen atoms in total. The van der Waals surface area contributed by atoms with E-state index < -0.39 is 0 Å². The van der Waals surface area contributed by atoms with E-state index in [1.807, 2.05) is 13.8 Å². The van der Waals surface area contributed by atoms with Crippen LogP contribution in [0.2, 0.25) is 0 Å². The zero-order valence-electron chi connectivity index (χ0n) is 13.4. The van der Waals surface area contributed by atoms with Crippen LogP contribution < -0.4 is 5.32 Å². The zero-order valence-corrected chi connectivity index (χ0v) is 13.4. The Kier molecular flexibility index (Phi) is 4.08. The molecule has 1 aliphatic carbocycles. The molecule has 0 radical (unpaired) electrons. The van der Waals surface area contributed by atoms with E-state index in [9.17, 15) is 0 Å². The minimum atomic E-state index is 0.171. The van der Waals surface area contributed by atoms with Crippen LogP contribution in [0.3, 0.4) is 0 Å². The molecule has 0 aromatic heterocycles. The fraction of sp³-hybridized carbons (Fsp3) is 0.474. The van der Waals surface area contributed by atoms with Crippen molar-refractivity contribution in [2.75, 3.05) is 0 Å². The molecule has 1 saturated carbocycles. The van der Waals surface area contributed by atoms with E-state index in [-0.39, 0.29) is 11.0 Å². The van der Waals surface area contributed by atoms with Crippen LogP contribution in [-0.2, 0) is 11.8 Å². The average Bonchev–Trinajstić information content (AvgIpc) is 2.93. The van der Waals surface area contributed by atoms with Crippen molar-refractivity contribution in [3.63, 3.8) is 0 Å². The Labute approximate surface area is 123 Å². The van der Waals surface area contributed by atoms with Crippen molar-refractivity contribution < 1.29 is 0 Å². The normalized spacial score (nSPS) is 37.1. The van der Waals surface area contributed by atoms with Gasteiger partial charge in [-0.2, -0.15) is 0 Å². The summed E-state index contributed by atoms with van der Waals surface area (Å²) >= 11 is 0. The standard InChI is InChI=1S/C17H21N.C2H6/c1-13-16(2)15-11-7-6-10-14(15)9-5-4-8-12-18-17(13,16)3;1-2/h4-8,10-13,18H,9H2,1-3H3;1-2H3/b5-4-,12-8-;. The second-order valence-electron chi connectivity index (χ2n) is 5.92. The van der Waals surface area contributed by atoms with Crippen LogP contribution in [0.5, 0.6) is 0 Å². The summed E-state index contributed by atoms with van der Waals surface area (Å²) in [6.07, 6.45) is 9.58.